The van der Waals surface area contributed by atoms with Crippen LogP contribution in [0.3, 0.4) is 0 Å². The average molecular weight is 233 g/mol. The van der Waals surface area contributed by atoms with E-state index in [9.17, 15) is 5.11 Å². The topological polar surface area (TPSA) is 23.5 Å². The van der Waals surface area contributed by atoms with Crippen LogP contribution in [0.25, 0.3) is 0 Å². The SMILES string of the molecule is CC(C)C(CO)C1c2ccccc2CCN1C. The van der Waals surface area contributed by atoms with E-state index < -0.39 is 0 Å². The third kappa shape index (κ3) is 2.38. The minimum Gasteiger partial charge on any atom is -0.396 e. The highest BCUT2D eigenvalue weighted by Gasteiger charge is 2.32. The molecule has 1 aliphatic heterocycles. The van der Waals surface area contributed by atoms with E-state index in [1.807, 2.05) is 0 Å². The van der Waals surface area contributed by atoms with Crippen LogP contribution in [0, 0.1) is 11.8 Å². The van der Waals surface area contributed by atoms with Crippen molar-refractivity contribution in [3.05, 3.63) is 35.4 Å². The van der Waals surface area contributed by atoms with E-state index in [-0.39, 0.29) is 6.61 Å². The summed E-state index contributed by atoms with van der Waals surface area (Å²) in [6, 6.07) is 9.04. The molecule has 1 N–H and O–H groups in total. The van der Waals surface area contributed by atoms with Gasteiger partial charge in [0.15, 0.2) is 0 Å². The summed E-state index contributed by atoms with van der Waals surface area (Å²) in [5, 5.41) is 9.67. The zero-order valence-electron chi connectivity index (χ0n) is 11.1. The highest BCUT2D eigenvalue weighted by molar-refractivity contribution is 5.33. The molecule has 1 aliphatic rings. The number of fused-ring (bicyclic) bond motifs is 1. The number of nitrogens with zero attached hydrogens (tertiary/aromatic N) is 1. The maximum Gasteiger partial charge on any atom is 0.0480 e. The van der Waals surface area contributed by atoms with Crippen molar-refractivity contribution in [2.75, 3.05) is 20.2 Å². The molecule has 2 nitrogen and oxygen atoms in total. The Kier molecular flexibility index (Phi) is 3.85. The second-order valence-corrected chi connectivity index (χ2v) is 5.46. The van der Waals surface area contributed by atoms with Crippen molar-refractivity contribution in [3.8, 4) is 0 Å². The highest BCUT2D eigenvalue weighted by Crippen LogP contribution is 2.37. The predicted octanol–water partition coefficient (Wildman–Crippen LogP) is 2.48. The van der Waals surface area contributed by atoms with Crippen molar-refractivity contribution < 1.29 is 5.11 Å². The number of rotatable bonds is 3. The van der Waals surface area contributed by atoms with E-state index in [1.165, 1.54) is 11.1 Å². The number of likely N-dealkylation sites (N-methyl/N-ethyl adjacent to an activating group) is 1. The van der Waals surface area contributed by atoms with Gasteiger partial charge in [-0.3, -0.25) is 4.90 Å². The minimum atomic E-state index is 0.265. The molecule has 2 unspecified atom stereocenters. The standard InChI is InChI=1S/C15H23NO/c1-11(2)14(10-17)15-13-7-5-4-6-12(13)8-9-16(15)3/h4-7,11,14-15,17H,8-10H2,1-3H3. The first-order valence-corrected chi connectivity index (χ1v) is 6.54. The molecule has 0 aromatic heterocycles. The Balaban J connectivity index is 2.38. The number of hydrogen-bond acceptors (Lipinski definition) is 2. The molecule has 0 radical (unpaired) electrons. The van der Waals surface area contributed by atoms with E-state index in [2.05, 4.69) is 50.1 Å². The quantitative estimate of drug-likeness (QED) is 0.867. The molecule has 17 heavy (non-hydrogen) atoms. The van der Waals surface area contributed by atoms with Gasteiger partial charge in [-0.05, 0) is 30.5 Å². The van der Waals surface area contributed by atoms with Gasteiger partial charge < -0.3 is 5.11 Å². The lowest BCUT2D eigenvalue weighted by molar-refractivity contribution is 0.0795. The van der Waals surface area contributed by atoms with E-state index in [0.29, 0.717) is 17.9 Å². The molecule has 0 saturated carbocycles. The number of aliphatic hydroxyl groups excluding tert-OH is 1. The maximum absolute atomic E-state index is 9.67. The first kappa shape index (κ1) is 12.6. The van der Waals surface area contributed by atoms with Crippen LogP contribution in [0.1, 0.15) is 31.0 Å². The van der Waals surface area contributed by atoms with Crippen molar-refractivity contribution in [1.29, 1.82) is 0 Å². The Morgan fingerprint density at radius 1 is 1.35 bits per heavy atom. The molecule has 1 aromatic carbocycles. The molecule has 0 saturated heterocycles. The fourth-order valence-electron chi connectivity index (χ4n) is 2.96. The number of benzene rings is 1. The molecule has 1 aromatic rings. The Morgan fingerprint density at radius 3 is 2.71 bits per heavy atom. The normalized spacial score (nSPS) is 22.5. The molecule has 0 bridgehead atoms. The summed E-state index contributed by atoms with van der Waals surface area (Å²) in [6.45, 7) is 5.75. The highest BCUT2D eigenvalue weighted by atomic mass is 16.3. The van der Waals surface area contributed by atoms with Crippen LogP contribution in [-0.4, -0.2) is 30.2 Å². The average Bonchev–Trinajstić information content (AvgIpc) is 2.32. The van der Waals surface area contributed by atoms with Gasteiger partial charge in [-0.25, -0.2) is 0 Å². The van der Waals surface area contributed by atoms with Crippen LogP contribution >= 0.6 is 0 Å². The zero-order valence-corrected chi connectivity index (χ0v) is 11.1. The maximum atomic E-state index is 9.67. The summed E-state index contributed by atoms with van der Waals surface area (Å²) in [5.74, 6) is 0.819. The van der Waals surface area contributed by atoms with Crippen molar-refractivity contribution >= 4 is 0 Å². The van der Waals surface area contributed by atoms with Gasteiger partial charge in [0.25, 0.3) is 0 Å². The molecule has 2 rings (SSSR count). The summed E-state index contributed by atoms with van der Waals surface area (Å²) in [6.07, 6.45) is 1.12. The van der Waals surface area contributed by atoms with E-state index >= 15 is 0 Å². The van der Waals surface area contributed by atoms with E-state index in [1.54, 1.807) is 0 Å². The zero-order chi connectivity index (χ0) is 12.4. The van der Waals surface area contributed by atoms with Crippen LogP contribution in [0.4, 0.5) is 0 Å². The van der Waals surface area contributed by atoms with Crippen molar-refractivity contribution in [1.82, 2.24) is 4.90 Å². The van der Waals surface area contributed by atoms with Gasteiger partial charge in [-0.1, -0.05) is 38.1 Å². The predicted molar refractivity (Wildman–Crippen MR) is 70.9 cm³/mol. The third-order valence-corrected chi connectivity index (χ3v) is 4.06. The van der Waals surface area contributed by atoms with Gasteiger partial charge in [0.2, 0.25) is 0 Å². The fourth-order valence-corrected chi connectivity index (χ4v) is 2.96. The number of aliphatic hydroxyl groups is 1. The molecule has 0 spiro atoms. The Bertz CT molecular complexity index is 375. The summed E-state index contributed by atoms with van der Waals surface area (Å²) in [4.78, 5) is 2.39. The Hall–Kier alpha value is -0.860. The lowest BCUT2D eigenvalue weighted by Gasteiger charge is -2.40. The van der Waals surface area contributed by atoms with Crippen LogP contribution in [0.2, 0.25) is 0 Å². The lowest BCUT2D eigenvalue weighted by Crippen LogP contribution is -2.39. The molecule has 1 heterocycles. The van der Waals surface area contributed by atoms with Gasteiger partial charge in [-0.2, -0.15) is 0 Å². The molecular weight excluding hydrogens is 210 g/mol. The Morgan fingerprint density at radius 2 is 2.06 bits per heavy atom. The largest absolute Gasteiger partial charge is 0.396 e. The Labute approximate surface area is 104 Å². The van der Waals surface area contributed by atoms with Crippen LogP contribution in [0.15, 0.2) is 24.3 Å². The van der Waals surface area contributed by atoms with Crippen LogP contribution in [0.5, 0.6) is 0 Å². The molecular formula is C15H23NO. The van der Waals surface area contributed by atoms with Crippen molar-refractivity contribution in [2.45, 2.75) is 26.3 Å². The number of hydrogen-bond donors (Lipinski definition) is 1. The van der Waals surface area contributed by atoms with Gasteiger partial charge in [-0.15, -0.1) is 0 Å². The molecule has 0 amide bonds. The monoisotopic (exact) mass is 233 g/mol. The second kappa shape index (κ2) is 5.19. The minimum absolute atomic E-state index is 0.265. The molecule has 2 heteroatoms. The molecule has 0 aliphatic carbocycles. The van der Waals surface area contributed by atoms with Crippen LogP contribution in [-0.2, 0) is 6.42 Å². The van der Waals surface area contributed by atoms with Gasteiger partial charge in [0, 0.05) is 25.1 Å². The molecule has 2 atom stereocenters. The second-order valence-electron chi connectivity index (χ2n) is 5.46. The van der Waals surface area contributed by atoms with E-state index in [4.69, 9.17) is 0 Å². The first-order chi connectivity index (χ1) is 8.15. The molecule has 0 fully saturated rings. The summed E-state index contributed by atoms with van der Waals surface area (Å²) in [5.41, 5.74) is 2.86. The van der Waals surface area contributed by atoms with E-state index in [0.717, 1.165) is 13.0 Å². The summed E-state index contributed by atoms with van der Waals surface area (Å²) < 4.78 is 0. The van der Waals surface area contributed by atoms with Crippen molar-refractivity contribution in [3.63, 3.8) is 0 Å². The lowest BCUT2D eigenvalue weighted by atomic mass is 9.80. The fraction of sp³-hybridized carbons (Fsp3) is 0.600. The van der Waals surface area contributed by atoms with Gasteiger partial charge in [0.05, 0.1) is 0 Å². The summed E-state index contributed by atoms with van der Waals surface area (Å²) >= 11 is 0. The molecule has 94 valence electrons. The summed E-state index contributed by atoms with van der Waals surface area (Å²) in [7, 11) is 2.17. The first-order valence-electron chi connectivity index (χ1n) is 6.54. The van der Waals surface area contributed by atoms with Gasteiger partial charge in [0.1, 0.15) is 0 Å². The van der Waals surface area contributed by atoms with Crippen LogP contribution < -0.4 is 0 Å². The van der Waals surface area contributed by atoms with Gasteiger partial charge >= 0.3 is 0 Å². The third-order valence-electron chi connectivity index (χ3n) is 4.06. The van der Waals surface area contributed by atoms with Crippen molar-refractivity contribution in [2.24, 2.45) is 11.8 Å². The smallest absolute Gasteiger partial charge is 0.0480 e.